The molecule has 0 bridgehead atoms. The smallest absolute Gasteiger partial charge is 0.261 e. The van der Waals surface area contributed by atoms with E-state index in [0.717, 1.165) is 0 Å². The number of ether oxygens (including phenoxy) is 1. The number of anilines is 1. The molecule has 0 spiro atoms. The molecule has 0 saturated heterocycles. The first kappa shape index (κ1) is 17.7. The van der Waals surface area contributed by atoms with Gasteiger partial charge < -0.3 is 10.1 Å². The van der Waals surface area contributed by atoms with Gasteiger partial charge in [0, 0.05) is 12.7 Å². The summed E-state index contributed by atoms with van der Waals surface area (Å²) in [4.78, 5) is 11.2. The molecule has 0 radical (unpaired) electrons. The molecule has 1 amide bonds. The number of carbonyl (C=O) groups is 1. The molecule has 0 atom stereocenters. The third kappa shape index (κ3) is 4.45. The molecule has 2 N–H and O–H groups in total. The number of aryl methyl sites for hydroxylation is 1. The van der Waals surface area contributed by atoms with Gasteiger partial charge in [-0.1, -0.05) is 0 Å². The van der Waals surface area contributed by atoms with E-state index in [4.69, 9.17) is 4.74 Å². The van der Waals surface area contributed by atoms with Crippen LogP contribution in [-0.4, -0.2) is 28.0 Å². The summed E-state index contributed by atoms with van der Waals surface area (Å²) in [6.45, 7) is 1.52. The first-order valence-electron chi connectivity index (χ1n) is 7.04. The average molecular weight is 352 g/mol. The summed E-state index contributed by atoms with van der Waals surface area (Å²) in [7, 11) is -2.31. The number of nitrogens with one attached hydrogen (secondary N) is 2. The summed E-state index contributed by atoms with van der Waals surface area (Å²) < 4.78 is 45.3. The molecule has 2 aromatic carbocycles. The standard InChI is InChI=1S/C16H17FN2O4S/c1-11-9-14(7-8-15(11)23-10-16(20)18-2)24(21,22)19-13-5-3-12(17)4-6-13/h3-9,19H,10H2,1-2H3,(H,18,20). The second-order valence-electron chi connectivity index (χ2n) is 5.00. The van der Waals surface area contributed by atoms with Crippen molar-refractivity contribution >= 4 is 21.6 Å². The Morgan fingerprint density at radius 2 is 1.83 bits per heavy atom. The fourth-order valence-corrected chi connectivity index (χ4v) is 3.04. The zero-order chi connectivity index (χ0) is 17.7. The first-order valence-corrected chi connectivity index (χ1v) is 8.52. The Bertz CT molecular complexity index is 836. The lowest BCUT2D eigenvalue weighted by Crippen LogP contribution is -2.25. The number of sulfonamides is 1. The quantitative estimate of drug-likeness (QED) is 0.833. The monoisotopic (exact) mass is 352 g/mol. The van der Waals surface area contributed by atoms with E-state index in [1.54, 1.807) is 6.92 Å². The number of benzene rings is 2. The third-order valence-electron chi connectivity index (χ3n) is 3.19. The minimum atomic E-state index is -3.81. The molecule has 0 aliphatic rings. The van der Waals surface area contributed by atoms with Gasteiger partial charge in [0.2, 0.25) is 0 Å². The van der Waals surface area contributed by atoms with Gasteiger partial charge >= 0.3 is 0 Å². The van der Waals surface area contributed by atoms with Crippen LogP contribution in [0.3, 0.4) is 0 Å². The van der Waals surface area contributed by atoms with Crippen molar-refractivity contribution in [3.63, 3.8) is 0 Å². The number of halogens is 1. The average Bonchev–Trinajstić information content (AvgIpc) is 2.55. The van der Waals surface area contributed by atoms with Gasteiger partial charge in [0.1, 0.15) is 11.6 Å². The molecule has 0 unspecified atom stereocenters. The van der Waals surface area contributed by atoms with Gasteiger partial charge in [-0.05, 0) is 55.0 Å². The van der Waals surface area contributed by atoms with E-state index in [1.807, 2.05) is 0 Å². The van der Waals surface area contributed by atoms with Crippen LogP contribution in [0.2, 0.25) is 0 Å². The van der Waals surface area contributed by atoms with E-state index in [9.17, 15) is 17.6 Å². The zero-order valence-electron chi connectivity index (χ0n) is 13.2. The van der Waals surface area contributed by atoms with Crippen LogP contribution in [-0.2, 0) is 14.8 Å². The SMILES string of the molecule is CNC(=O)COc1ccc(S(=O)(=O)Nc2ccc(F)cc2)cc1C. The molecule has 0 aliphatic heterocycles. The van der Waals surface area contributed by atoms with Crippen molar-refractivity contribution < 1.29 is 22.3 Å². The first-order chi connectivity index (χ1) is 11.3. The highest BCUT2D eigenvalue weighted by molar-refractivity contribution is 7.92. The van der Waals surface area contributed by atoms with Gasteiger partial charge in [0.25, 0.3) is 15.9 Å². The number of amides is 1. The van der Waals surface area contributed by atoms with Crippen molar-refractivity contribution in [1.82, 2.24) is 5.32 Å². The number of likely N-dealkylation sites (N-methyl/N-ethyl adjacent to an activating group) is 1. The Morgan fingerprint density at radius 3 is 2.42 bits per heavy atom. The van der Waals surface area contributed by atoms with E-state index in [2.05, 4.69) is 10.0 Å². The molecule has 128 valence electrons. The molecular weight excluding hydrogens is 335 g/mol. The Kier molecular flexibility index (Phi) is 5.40. The third-order valence-corrected chi connectivity index (χ3v) is 4.57. The summed E-state index contributed by atoms with van der Waals surface area (Å²) in [6, 6.07) is 9.29. The molecule has 0 aliphatic carbocycles. The van der Waals surface area contributed by atoms with E-state index in [-0.39, 0.29) is 23.1 Å². The fraction of sp³-hybridized carbons (Fsp3) is 0.188. The Hall–Kier alpha value is -2.61. The van der Waals surface area contributed by atoms with Gasteiger partial charge in [0.05, 0.1) is 4.90 Å². The van der Waals surface area contributed by atoms with Crippen LogP contribution in [0.25, 0.3) is 0 Å². The van der Waals surface area contributed by atoms with Crippen molar-refractivity contribution in [2.45, 2.75) is 11.8 Å². The Balaban J connectivity index is 2.17. The van der Waals surface area contributed by atoms with Crippen LogP contribution in [0.5, 0.6) is 5.75 Å². The van der Waals surface area contributed by atoms with Gasteiger partial charge in [0.15, 0.2) is 6.61 Å². The van der Waals surface area contributed by atoms with Crippen LogP contribution in [0.4, 0.5) is 10.1 Å². The van der Waals surface area contributed by atoms with Crippen molar-refractivity contribution in [3.8, 4) is 5.75 Å². The number of rotatable bonds is 6. The fourth-order valence-electron chi connectivity index (χ4n) is 1.90. The molecule has 6 nitrogen and oxygen atoms in total. The summed E-state index contributed by atoms with van der Waals surface area (Å²) in [5.41, 5.74) is 0.829. The number of hydrogen-bond acceptors (Lipinski definition) is 4. The highest BCUT2D eigenvalue weighted by Crippen LogP contribution is 2.23. The van der Waals surface area contributed by atoms with E-state index < -0.39 is 15.8 Å². The van der Waals surface area contributed by atoms with E-state index in [1.165, 1.54) is 49.5 Å². The second-order valence-corrected chi connectivity index (χ2v) is 6.68. The van der Waals surface area contributed by atoms with Gasteiger partial charge in [-0.3, -0.25) is 9.52 Å². The second kappa shape index (κ2) is 7.31. The summed E-state index contributed by atoms with van der Waals surface area (Å²) in [5, 5.41) is 2.43. The van der Waals surface area contributed by atoms with Crippen LogP contribution in [0, 0.1) is 12.7 Å². The van der Waals surface area contributed by atoms with Crippen molar-refractivity contribution in [2.24, 2.45) is 0 Å². The number of hydrogen-bond donors (Lipinski definition) is 2. The minimum Gasteiger partial charge on any atom is -0.484 e. The molecule has 0 saturated carbocycles. The maximum Gasteiger partial charge on any atom is 0.261 e. The van der Waals surface area contributed by atoms with Crippen molar-refractivity contribution in [1.29, 1.82) is 0 Å². The zero-order valence-corrected chi connectivity index (χ0v) is 14.0. The summed E-state index contributed by atoms with van der Waals surface area (Å²) >= 11 is 0. The molecular formula is C16H17FN2O4S. The highest BCUT2D eigenvalue weighted by atomic mass is 32.2. The Labute approximate surface area is 139 Å². The Morgan fingerprint density at radius 1 is 1.17 bits per heavy atom. The predicted octanol–water partition coefficient (Wildman–Crippen LogP) is 2.06. The van der Waals surface area contributed by atoms with Crippen LogP contribution in [0.15, 0.2) is 47.4 Å². The largest absolute Gasteiger partial charge is 0.484 e. The van der Waals surface area contributed by atoms with Crippen molar-refractivity contribution in [2.75, 3.05) is 18.4 Å². The van der Waals surface area contributed by atoms with Gasteiger partial charge in [-0.2, -0.15) is 0 Å². The minimum absolute atomic E-state index is 0.0385. The van der Waals surface area contributed by atoms with Crippen LogP contribution >= 0.6 is 0 Å². The van der Waals surface area contributed by atoms with Crippen molar-refractivity contribution in [3.05, 3.63) is 53.8 Å². The molecule has 0 heterocycles. The summed E-state index contributed by atoms with van der Waals surface area (Å²) in [5.74, 6) is -0.324. The lowest BCUT2D eigenvalue weighted by molar-refractivity contribution is -0.122. The predicted molar refractivity (Wildman–Crippen MR) is 87.9 cm³/mol. The van der Waals surface area contributed by atoms with E-state index >= 15 is 0 Å². The lowest BCUT2D eigenvalue weighted by Gasteiger charge is -2.12. The molecule has 2 aromatic rings. The molecule has 2 rings (SSSR count). The van der Waals surface area contributed by atoms with Gasteiger partial charge in [-0.25, -0.2) is 12.8 Å². The van der Waals surface area contributed by atoms with E-state index in [0.29, 0.717) is 11.3 Å². The molecule has 0 fully saturated rings. The molecule has 0 aromatic heterocycles. The normalized spacial score (nSPS) is 11.0. The molecule has 8 heteroatoms. The summed E-state index contributed by atoms with van der Waals surface area (Å²) in [6.07, 6.45) is 0. The highest BCUT2D eigenvalue weighted by Gasteiger charge is 2.16. The topological polar surface area (TPSA) is 84.5 Å². The van der Waals surface area contributed by atoms with Crippen LogP contribution in [0.1, 0.15) is 5.56 Å². The number of carbonyl (C=O) groups excluding carboxylic acids is 1. The maximum absolute atomic E-state index is 12.9. The van der Waals surface area contributed by atoms with Crippen LogP contribution < -0.4 is 14.8 Å². The lowest BCUT2D eigenvalue weighted by atomic mass is 10.2. The maximum atomic E-state index is 12.9. The van der Waals surface area contributed by atoms with Gasteiger partial charge in [-0.15, -0.1) is 0 Å². The molecule has 24 heavy (non-hydrogen) atoms.